The third-order valence-corrected chi connectivity index (χ3v) is 4.85. The van der Waals surface area contributed by atoms with Crippen molar-refractivity contribution in [3.63, 3.8) is 0 Å². The van der Waals surface area contributed by atoms with Crippen LogP contribution in [-0.4, -0.2) is 36.2 Å². The Hall–Kier alpha value is -2.32. The van der Waals surface area contributed by atoms with E-state index in [2.05, 4.69) is 10.2 Å². The Labute approximate surface area is 143 Å². The lowest BCUT2D eigenvalue weighted by atomic mass is 10.0. The van der Waals surface area contributed by atoms with Gasteiger partial charge >= 0.3 is 0 Å². The van der Waals surface area contributed by atoms with Crippen molar-refractivity contribution in [2.45, 2.75) is 18.9 Å². The van der Waals surface area contributed by atoms with Crippen molar-refractivity contribution >= 4 is 40.6 Å². The van der Waals surface area contributed by atoms with E-state index in [-0.39, 0.29) is 6.04 Å². The summed E-state index contributed by atoms with van der Waals surface area (Å²) in [6.45, 7) is 1.54. The van der Waals surface area contributed by atoms with Gasteiger partial charge in [0.2, 0.25) is 5.91 Å². The van der Waals surface area contributed by atoms with Crippen LogP contribution in [0.3, 0.4) is 0 Å². The second-order valence-corrected chi connectivity index (χ2v) is 6.85. The Morgan fingerprint density at radius 1 is 1.38 bits per heavy atom. The van der Waals surface area contributed by atoms with Gasteiger partial charge < -0.3 is 16.4 Å². The number of carbonyl (C=O) groups excluding carboxylic acids is 3. The molecule has 2 aliphatic rings. The minimum absolute atomic E-state index is 0.0841. The van der Waals surface area contributed by atoms with Gasteiger partial charge in [-0.1, -0.05) is 0 Å². The van der Waals surface area contributed by atoms with Crippen LogP contribution in [0.25, 0.3) is 6.08 Å². The highest BCUT2D eigenvalue weighted by Crippen LogP contribution is 2.31. The standard InChI is InChI=1S/C16H18N4O3S/c17-11-2-1-5-20(8-11)12-4-3-9(14(18)21)6-10(12)7-13-15(22)19-16(23)24-13/h3-4,6-7,11H,1-2,5,8,17H2,(H2,18,21)(H,19,22,23)/t11-/m0/s1. The molecular weight excluding hydrogens is 328 g/mol. The first-order valence-electron chi connectivity index (χ1n) is 7.63. The topological polar surface area (TPSA) is 119 Å². The zero-order valence-corrected chi connectivity index (χ0v) is 13.8. The summed E-state index contributed by atoms with van der Waals surface area (Å²) >= 11 is 0.841. The van der Waals surface area contributed by atoms with E-state index in [1.54, 1.807) is 18.2 Å². The third kappa shape index (κ3) is 3.44. The third-order valence-electron chi connectivity index (χ3n) is 4.04. The molecule has 2 fully saturated rings. The molecule has 0 bridgehead atoms. The van der Waals surface area contributed by atoms with Gasteiger partial charge in [0.1, 0.15) is 0 Å². The van der Waals surface area contributed by atoms with Gasteiger partial charge in [0.05, 0.1) is 4.91 Å². The van der Waals surface area contributed by atoms with E-state index in [0.717, 1.165) is 36.8 Å². The van der Waals surface area contributed by atoms with E-state index < -0.39 is 17.1 Å². The number of carbonyl (C=O) groups is 3. The van der Waals surface area contributed by atoms with Crippen molar-refractivity contribution in [1.82, 2.24) is 5.32 Å². The smallest absolute Gasteiger partial charge is 0.290 e. The summed E-state index contributed by atoms with van der Waals surface area (Å²) in [5.41, 5.74) is 13.3. The van der Waals surface area contributed by atoms with Gasteiger partial charge in [-0.05, 0) is 54.4 Å². The molecule has 0 saturated carbocycles. The Balaban J connectivity index is 2.02. The lowest BCUT2D eigenvalue weighted by Gasteiger charge is -2.33. The van der Waals surface area contributed by atoms with E-state index in [0.29, 0.717) is 22.6 Å². The Morgan fingerprint density at radius 2 is 2.17 bits per heavy atom. The molecule has 2 saturated heterocycles. The number of amides is 3. The molecule has 3 amide bonds. The number of nitrogens with zero attached hydrogens (tertiary/aromatic N) is 1. The number of anilines is 1. The number of hydrogen-bond donors (Lipinski definition) is 3. The fourth-order valence-electron chi connectivity index (χ4n) is 2.90. The van der Waals surface area contributed by atoms with E-state index in [9.17, 15) is 14.4 Å². The quantitative estimate of drug-likeness (QED) is 0.704. The van der Waals surface area contributed by atoms with Crippen molar-refractivity contribution in [2.75, 3.05) is 18.0 Å². The Bertz CT molecular complexity index is 747. The molecule has 0 radical (unpaired) electrons. The first-order valence-corrected chi connectivity index (χ1v) is 8.45. The summed E-state index contributed by atoms with van der Waals surface area (Å²) in [5.74, 6) is -0.980. The SMILES string of the molecule is NC(=O)c1ccc(N2CCC[C@H](N)C2)c(C=C2SC(=O)NC2=O)c1. The van der Waals surface area contributed by atoms with Crippen LogP contribution in [-0.2, 0) is 4.79 Å². The van der Waals surface area contributed by atoms with Crippen LogP contribution < -0.4 is 21.7 Å². The van der Waals surface area contributed by atoms with Crippen molar-refractivity contribution in [1.29, 1.82) is 0 Å². The number of benzene rings is 1. The maximum absolute atomic E-state index is 11.8. The van der Waals surface area contributed by atoms with Crippen LogP contribution in [0.1, 0.15) is 28.8 Å². The molecule has 1 atom stereocenters. The van der Waals surface area contributed by atoms with Crippen LogP contribution in [0.5, 0.6) is 0 Å². The number of rotatable bonds is 3. The fraction of sp³-hybridized carbons (Fsp3) is 0.312. The van der Waals surface area contributed by atoms with Crippen molar-refractivity contribution < 1.29 is 14.4 Å². The number of nitrogens with one attached hydrogen (secondary N) is 1. The first kappa shape index (κ1) is 16.5. The Kier molecular flexibility index (Phi) is 4.59. The lowest BCUT2D eigenvalue weighted by Crippen LogP contribution is -2.43. The molecule has 2 aliphatic heterocycles. The number of piperidine rings is 1. The van der Waals surface area contributed by atoms with Gasteiger partial charge in [0, 0.05) is 30.4 Å². The number of primary amides is 1. The van der Waals surface area contributed by atoms with E-state index >= 15 is 0 Å². The molecule has 0 aliphatic carbocycles. The fourth-order valence-corrected chi connectivity index (χ4v) is 3.58. The number of hydrogen-bond acceptors (Lipinski definition) is 6. The maximum atomic E-state index is 11.8. The van der Waals surface area contributed by atoms with E-state index in [4.69, 9.17) is 11.5 Å². The zero-order chi connectivity index (χ0) is 17.3. The molecule has 3 rings (SSSR count). The maximum Gasteiger partial charge on any atom is 0.290 e. The van der Waals surface area contributed by atoms with Gasteiger partial charge in [0.25, 0.3) is 11.1 Å². The second kappa shape index (κ2) is 6.66. The monoisotopic (exact) mass is 346 g/mol. The summed E-state index contributed by atoms with van der Waals surface area (Å²) in [6, 6.07) is 5.19. The molecule has 126 valence electrons. The highest BCUT2D eigenvalue weighted by atomic mass is 32.2. The van der Waals surface area contributed by atoms with Gasteiger partial charge in [0.15, 0.2) is 0 Å². The lowest BCUT2D eigenvalue weighted by molar-refractivity contribution is -0.115. The van der Waals surface area contributed by atoms with E-state index in [1.807, 2.05) is 6.07 Å². The second-order valence-electron chi connectivity index (χ2n) is 5.84. The van der Waals surface area contributed by atoms with Crippen LogP contribution in [0, 0.1) is 0 Å². The number of thioether (sulfide) groups is 1. The van der Waals surface area contributed by atoms with Gasteiger partial charge in [-0.2, -0.15) is 0 Å². The van der Waals surface area contributed by atoms with Crippen LogP contribution in [0.2, 0.25) is 0 Å². The minimum atomic E-state index is -0.545. The first-order chi connectivity index (χ1) is 11.4. The summed E-state index contributed by atoms with van der Waals surface area (Å²) in [5, 5.41) is 1.82. The molecule has 5 N–H and O–H groups in total. The average Bonchev–Trinajstić information content (AvgIpc) is 2.84. The summed E-state index contributed by atoms with van der Waals surface area (Å²) in [4.78, 5) is 37.1. The number of imide groups is 1. The summed E-state index contributed by atoms with van der Waals surface area (Å²) < 4.78 is 0. The number of nitrogens with two attached hydrogens (primary N) is 2. The van der Waals surface area contributed by atoms with Gasteiger partial charge in [-0.25, -0.2) is 0 Å². The van der Waals surface area contributed by atoms with Crippen LogP contribution in [0.4, 0.5) is 10.5 Å². The largest absolute Gasteiger partial charge is 0.369 e. The zero-order valence-electron chi connectivity index (χ0n) is 13.0. The van der Waals surface area contributed by atoms with Crippen LogP contribution >= 0.6 is 11.8 Å². The van der Waals surface area contributed by atoms with Crippen molar-refractivity contribution in [2.24, 2.45) is 11.5 Å². The molecule has 0 unspecified atom stereocenters. The summed E-state index contributed by atoms with van der Waals surface area (Å²) in [6.07, 6.45) is 3.56. The molecule has 2 heterocycles. The Morgan fingerprint density at radius 3 is 2.79 bits per heavy atom. The molecule has 1 aromatic carbocycles. The molecule has 0 spiro atoms. The van der Waals surface area contributed by atoms with Gasteiger partial charge in [-0.3, -0.25) is 19.7 Å². The van der Waals surface area contributed by atoms with Crippen molar-refractivity contribution in [3.05, 3.63) is 34.2 Å². The molecule has 24 heavy (non-hydrogen) atoms. The molecule has 1 aromatic rings. The highest BCUT2D eigenvalue weighted by molar-refractivity contribution is 8.18. The predicted molar refractivity (Wildman–Crippen MR) is 93.5 cm³/mol. The predicted octanol–water partition coefficient (Wildman–Crippen LogP) is 1.04. The van der Waals surface area contributed by atoms with Crippen molar-refractivity contribution in [3.8, 4) is 0 Å². The molecule has 7 nitrogen and oxygen atoms in total. The van der Waals surface area contributed by atoms with E-state index in [1.165, 1.54) is 0 Å². The minimum Gasteiger partial charge on any atom is -0.369 e. The molecule has 0 aromatic heterocycles. The molecular formula is C16H18N4O3S. The molecule has 8 heteroatoms. The normalized spacial score (nSPS) is 22.8. The summed E-state index contributed by atoms with van der Waals surface area (Å²) in [7, 11) is 0. The average molecular weight is 346 g/mol. The highest BCUT2D eigenvalue weighted by Gasteiger charge is 2.26. The van der Waals surface area contributed by atoms with Crippen LogP contribution in [0.15, 0.2) is 23.1 Å². The van der Waals surface area contributed by atoms with Gasteiger partial charge in [-0.15, -0.1) is 0 Å².